The Morgan fingerprint density at radius 1 is 0.758 bits per heavy atom. The number of hydrogen-bond donors (Lipinski definition) is 2. The molecule has 3 aromatic carbocycles. The Balaban J connectivity index is 1.20. The molecular formula is C25H21ClN6S. The van der Waals surface area contributed by atoms with Gasteiger partial charge in [-0.05, 0) is 40.2 Å². The third-order valence-electron chi connectivity index (χ3n) is 5.28. The second-order valence-corrected chi connectivity index (χ2v) is 8.48. The average Bonchev–Trinajstić information content (AvgIpc) is 3.44. The summed E-state index contributed by atoms with van der Waals surface area (Å²) in [5.74, 6) is 0. The van der Waals surface area contributed by atoms with Gasteiger partial charge in [-0.15, -0.1) is 0 Å². The molecule has 33 heavy (non-hydrogen) atoms. The first-order valence-corrected chi connectivity index (χ1v) is 11.3. The summed E-state index contributed by atoms with van der Waals surface area (Å²) in [6.07, 6.45) is 7.33. The van der Waals surface area contributed by atoms with Gasteiger partial charge in [-0.1, -0.05) is 72.3 Å². The van der Waals surface area contributed by atoms with Crippen molar-refractivity contribution in [3.8, 4) is 0 Å². The molecule has 0 fully saturated rings. The van der Waals surface area contributed by atoms with E-state index in [9.17, 15) is 0 Å². The maximum Gasteiger partial charge on any atom is 0.175 e. The molecule has 0 atom stereocenters. The minimum absolute atomic E-state index is 0.469. The maximum atomic E-state index is 6.24. The van der Waals surface area contributed by atoms with Gasteiger partial charge >= 0.3 is 0 Å². The number of anilines is 2. The standard InChI is InChI=1S/C25H21ClN6S/c26-24-11-4-2-7-20(24)15-32-17-22(13-28-32)30-25(33)29-21-12-27-31(16-21)14-19-9-5-8-18-6-1-3-10-23(18)19/h1-13,16-17H,14-15H2,(H2,29,30,33). The van der Waals surface area contributed by atoms with Gasteiger partial charge in [0.25, 0.3) is 0 Å². The van der Waals surface area contributed by atoms with E-state index in [2.05, 4.69) is 63.3 Å². The lowest BCUT2D eigenvalue weighted by molar-refractivity contribution is 0.687. The molecular weight excluding hydrogens is 452 g/mol. The van der Waals surface area contributed by atoms with Crippen LogP contribution in [0.4, 0.5) is 11.4 Å². The van der Waals surface area contributed by atoms with Crippen LogP contribution in [0, 0.1) is 0 Å². The molecule has 0 amide bonds. The topological polar surface area (TPSA) is 59.7 Å². The fourth-order valence-electron chi connectivity index (χ4n) is 3.73. The van der Waals surface area contributed by atoms with Crippen molar-refractivity contribution < 1.29 is 0 Å². The molecule has 2 aromatic heterocycles. The molecule has 0 aliphatic rings. The average molecular weight is 473 g/mol. The molecule has 2 heterocycles. The Morgan fingerprint density at radius 2 is 1.33 bits per heavy atom. The van der Waals surface area contributed by atoms with Crippen molar-refractivity contribution in [3.63, 3.8) is 0 Å². The minimum atomic E-state index is 0.469. The molecule has 6 nitrogen and oxygen atoms in total. The zero-order valence-electron chi connectivity index (χ0n) is 17.6. The lowest BCUT2D eigenvalue weighted by Crippen LogP contribution is -2.18. The van der Waals surface area contributed by atoms with Gasteiger partial charge in [-0.25, -0.2) is 0 Å². The quantitative estimate of drug-likeness (QED) is 0.306. The molecule has 0 saturated heterocycles. The zero-order chi connectivity index (χ0) is 22.6. The number of halogens is 1. The monoisotopic (exact) mass is 472 g/mol. The summed E-state index contributed by atoms with van der Waals surface area (Å²) in [6.45, 7) is 1.26. The number of aromatic nitrogens is 4. The van der Waals surface area contributed by atoms with Crippen LogP contribution in [0.3, 0.4) is 0 Å². The van der Waals surface area contributed by atoms with E-state index in [1.165, 1.54) is 16.3 Å². The molecule has 0 spiro atoms. The van der Waals surface area contributed by atoms with Crippen LogP contribution in [0.5, 0.6) is 0 Å². The predicted molar refractivity (Wildman–Crippen MR) is 138 cm³/mol. The van der Waals surface area contributed by atoms with Gasteiger partial charge < -0.3 is 10.6 Å². The van der Waals surface area contributed by atoms with E-state index >= 15 is 0 Å². The highest BCUT2D eigenvalue weighted by Crippen LogP contribution is 2.20. The van der Waals surface area contributed by atoms with Gasteiger partial charge in [-0.3, -0.25) is 9.36 Å². The van der Waals surface area contributed by atoms with E-state index in [1.54, 1.807) is 12.4 Å². The van der Waals surface area contributed by atoms with Gasteiger partial charge in [0.15, 0.2) is 5.11 Å². The van der Waals surface area contributed by atoms with Crippen LogP contribution in [0.1, 0.15) is 11.1 Å². The SMILES string of the molecule is S=C(Nc1cnn(Cc2ccccc2Cl)c1)Nc1cnn(Cc2cccc3ccccc23)c1. The van der Waals surface area contributed by atoms with Gasteiger partial charge in [0, 0.05) is 17.4 Å². The molecule has 0 radical (unpaired) electrons. The van der Waals surface area contributed by atoms with E-state index in [0.717, 1.165) is 22.0 Å². The smallest absolute Gasteiger partial charge is 0.175 e. The number of hydrogen-bond acceptors (Lipinski definition) is 3. The minimum Gasteiger partial charge on any atom is -0.330 e. The van der Waals surface area contributed by atoms with Crippen LogP contribution in [0.15, 0.2) is 91.5 Å². The summed E-state index contributed by atoms with van der Waals surface area (Å²) in [7, 11) is 0. The molecule has 0 aliphatic heterocycles. The van der Waals surface area contributed by atoms with Crippen LogP contribution in [0.2, 0.25) is 5.02 Å². The van der Waals surface area contributed by atoms with Crippen LogP contribution in [-0.2, 0) is 13.1 Å². The van der Waals surface area contributed by atoms with Crippen LogP contribution in [-0.4, -0.2) is 24.7 Å². The van der Waals surface area contributed by atoms with Gasteiger partial charge in [0.1, 0.15) is 0 Å². The lowest BCUT2D eigenvalue weighted by Gasteiger charge is -2.08. The highest BCUT2D eigenvalue weighted by molar-refractivity contribution is 7.80. The third kappa shape index (κ3) is 5.05. The molecule has 5 aromatic rings. The maximum absolute atomic E-state index is 6.24. The summed E-state index contributed by atoms with van der Waals surface area (Å²) < 4.78 is 3.71. The predicted octanol–water partition coefficient (Wildman–Crippen LogP) is 5.79. The fraction of sp³-hybridized carbons (Fsp3) is 0.0800. The van der Waals surface area contributed by atoms with E-state index < -0.39 is 0 Å². The van der Waals surface area contributed by atoms with Gasteiger partial charge in [0.05, 0.1) is 36.9 Å². The summed E-state index contributed by atoms with van der Waals surface area (Å²) >= 11 is 11.7. The Hall–Kier alpha value is -3.68. The molecule has 164 valence electrons. The number of rotatable bonds is 6. The van der Waals surface area contributed by atoms with Crippen LogP contribution in [0.25, 0.3) is 10.8 Å². The molecule has 0 bridgehead atoms. The number of benzene rings is 3. The van der Waals surface area contributed by atoms with Crippen molar-refractivity contribution in [2.75, 3.05) is 10.6 Å². The van der Waals surface area contributed by atoms with Gasteiger partial charge in [0.2, 0.25) is 0 Å². The second kappa shape index (κ2) is 9.44. The number of fused-ring (bicyclic) bond motifs is 1. The molecule has 0 saturated carbocycles. The highest BCUT2D eigenvalue weighted by atomic mass is 35.5. The summed E-state index contributed by atoms with van der Waals surface area (Å²) in [6, 6.07) is 22.4. The fourth-order valence-corrected chi connectivity index (χ4v) is 4.16. The van der Waals surface area contributed by atoms with Crippen molar-refractivity contribution in [3.05, 3.63) is 108 Å². The van der Waals surface area contributed by atoms with Crippen molar-refractivity contribution in [2.24, 2.45) is 0 Å². The first-order valence-electron chi connectivity index (χ1n) is 10.5. The second-order valence-electron chi connectivity index (χ2n) is 7.66. The van der Waals surface area contributed by atoms with Crippen LogP contribution < -0.4 is 10.6 Å². The van der Waals surface area contributed by atoms with E-state index in [1.807, 2.05) is 46.0 Å². The Bertz CT molecular complexity index is 1420. The summed E-state index contributed by atoms with van der Waals surface area (Å²) in [5, 5.41) is 18.8. The normalized spacial score (nSPS) is 10.9. The molecule has 0 unspecified atom stereocenters. The molecule has 2 N–H and O–H groups in total. The highest BCUT2D eigenvalue weighted by Gasteiger charge is 2.07. The zero-order valence-corrected chi connectivity index (χ0v) is 19.2. The Labute approximate surface area is 201 Å². The van der Waals surface area contributed by atoms with Gasteiger partial charge in [-0.2, -0.15) is 10.2 Å². The van der Waals surface area contributed by atoms with Crippen LogP contribution >= 0.6 is 23.8 Å². The molecule has 5 rings (SSSR count). The van der Waals surface area contributed by atoms with Crippen molar-refractivity contribution in [2.45, 2.75) is 13.1 Å². The summed E-state index contributed by atoms with van der Waals surface area (Å²) in [4.78, 5) is 0. The Morgan fingerprint density at radius 3 is 2.06 bits per heavy atom. The number of thiocarbonyl (C=S) groups is 1. The van der Waals surface area contributed by atoms with E-state index in [0.29, 0.717) is 18.2 Å². The van der Waals surface area contributed by atoms with Crippen molar-refractivity contribution in [1.82, 2.24) is 19.6 Å². The van der Waals surface area contributed by atoms with Crippen molar-refractivity contribution in [1.29, 1.82) is 0 Å². The lowest BCUT2D eigenvalue weighted by atomic mass is 10.0. The van der Waals surface area contributed by atoms with Crippen molar-refractivity contribution >= 4 is 51.1 Å². The molecule has 0 aliphatic carbocycles. The number of nitrogens with one attached hydrogen (secondary N) is 2. The Kier molecular flexibility index (Phi) is 6.06. The van der Waals surface area contributed by atoms with E-state index in [-0.39, 0.29) is 0 Å². The van der Waals surface area contributed by atoms with E-state index in [4.69, 9.17) is 23.8 Å². The number of nitrogens with zero attached hydrogens (tertiary/aromatic N) is 4. The summed E-state index contributed by atoms with van der Waals surface area (Å²) in [5.41, 5.74) is 3.83. The largest absolute Gasteiger partial charge is 0.330 e. The first kappa shape index (κ1) is 21.2. The third-order valence-corrected chi connectivity index (χ3v) is 5.86. The first-order chi connectivity index (χ1) is 16.1. The molecule has 8 heteroatoms.